The summed E-state index contributed by atoms with van der Waals surface area (Å²) in [6, 6.07) is 15.7. The lowest BCUT2D eigenvalue weighted by molar-refractivity contribution is 0.0730. The van der Waals surface area contributed by atoms with Crippen LogP contribution in [0, 0.1) is 20.8 Å². The maximum Gasteiger partial charge on any atom is 0.243 e. The molecule has 180 valence electrons. The Bertz CT molecular complexity index is 1220. The van der Waals surface area contributed by atoms with Crippen molar-refractivity contribution in [3.05, 3.63) is 82.3 Å². The van der Waals surface area contributed by atoms with Gasteiger partial charge in [-0.1, -0.05) is 42.0 Å². The number of morpholine rings is 1. The second-order valence-electron chi connectivity index (χ2n) is 8.68. The summed E-state index contributed by atoms with van der Waals surface area (Å²) < 4.78 is 32.4. The summed E-state index contributed by atoms with van der Waals surface area (Å²) in [5, 5.41) is 3.48. The Hall–Kier alpha value is -2.81. The van der Waals surface area contributed by atoms with Crippen LogP contribution in [0.5, 0.6) is 0 Å². The summed E-state index contributed by atoms with van der Waals surface area (Å²) in [6.45, 7) is 8.38. The first kappa shape index (κ1) is 24.3. The van der Waals surface area contributed by atoms with Crippen LogP contribution in [-0.4, -0.2) is 55.5 Å². The number of nitrogens with one attached hydrogen (secondary N) is 1. The topological polar surface area (TPSA) is 84.4 Å². The molecule has 1 aromatic heterocycles. The third-order valence-corrected chi connectivity index (χ3v) is 7.98. The highest BCUT2D eigenvalue weighted by Gasteiger charge is 2.26. The minimum Gasteiger partial charge on any atom is -0.379 e. The molecular weight excluding hydrogens is 448 g/mol. The first-order chi connectivity index (χ1) is 16.3. The van der Waals surface area contributed by atoms with Gasteiger partial charge in [-0.05, 0) is 50.5 Å². The normalized spacial score (nSPS) is 14.8. The quantitative estimate of drug-likeness (QED) is 0.530. The highest BCUT2D eigenvalue weighted by Crippen LogP contribution is 2.22. The molecule has 0 spiro atoms. The third kappa shape index (κ3) is 5.81. The van der Waals surface area contributed by atoms with Gasteiger partial charge in [0.1, 0.15) is 11.6 Å². The van der Waals surface area contributed by atoms with E-state index in [0.717, 1.165) is 41.3 Å². The van der Waals surface area contributed by atoms with Crippen LogP contribution in [0.25, 0.3) is 0 Å². The zero-order valence-corrected chi connectivity index (χ0v) is 20.9. The fourth-order valence-electron chi connectivity index (χ4n) is 4.09. The number of sulfonamides is 1. The van der Waals surface area contributed by atoms with Gasteiger partial charge in [-0.15, -0.1) is 0 Å². The molecule has 0 unspecified atom stereocenters. The largest absolute Gasteiger partial charge is 0.379 e. The summed E-state index contributed by atoms with van der Waals surface area (Å²) in [7, 11) is -3.47. The van der Waals surface area contributed by atoms with E-state index in [-0.39, 0.29) is 0 Å². The molecule has 7 nitrogen and oxygen atoms in total. The fourth-order valence-corrected chi connectivity index (χ4v) is 5.50. The number of ether oxygens (including phenoxy) is 1. The molecule has 1 aliphatic rings. The molecule has 1 aliphatic heterocycles. The molecule has 0 bridgehead atoms. The van der Waals surface area contributed by atoms with E-state index < -0.39 is 10.0 Å². The lowest BCUT2D eigenvalue weighted by Crippen LogP contribution is -2.40. The molecule has 0 radical (unpaired) electrons. The molecule has 0 amide bonds. The molecule has 1 saturated heterocycles. The van der Waals surface area contributed by atoms with E-state index in [9.17, 15) is 8.42 Å². The van der Waals surface area contributed by atoms with E-state index in [0.29, 0.717) is 37.7 Å². The van der Waals surface area contributed by atoms with Gasteiger partial charge >= 0.3 is 0 Å². The molecule has 0 saturated carbocycles. The van der Waals surface area contributed by atoms with Gasteiger partial charge in [-0.25, -0.2) is 18.4 Å². The Morgan fingerprint density at radius 2 is 1.56 bits per heavy atom. The maximum atomic E-state index is 12.8. The van der Waals surface area contributed by atoms with Crippen LogP contribution in [0.2, 0.25) is 0 Å². The molecule has 34 heavy (non-hydrogen) atoms. The van der Waals surface area contributed by atoms with E-state index >= 15 is 0 Å². The Morgan fingerprint density at radius 3 is 2.24 bits per heavy atom. The van der Waals surface area contributed by atoms with Gasteiger partial charge < -0.3 is 10.1 Å². The lowest BCUT2D eigenvalue weighted by atomic mass is 10.0. The van der Waals surface area contributed by atoms with Crippen molar-refractivity contribution in [2.75, 3.05) is 38.2 Å². The summed E-state index contributed by atoms with van der Waals surface area (Å²) in [6.07, 6.45) is 1.52. The number of aryl methyl sites for hydroxylation is 3. The number of rotatable bonds is 8. The Balaban J connectivity index is 1.41. The average Bonchev–Trinajstić information content (AvgIpc) is 2.83. The van der Waals surface area contributed by atoms with Crippen LogP contribution in [0.4, 0.5) is 5.82 Å². The Morgan fingerprint density at radius 1 is 0.912 bits per heavy atom. The highest BCUT2D eigenvalue weighted by molar-refractivity contribution is 7.89. The van der Waals surface area contributed by atoms with Crippen molar-refractivity contribution >= 4 is 15.8 Å². The van der Waals surface area contributed by atoms with Crippen LogP contribution in [0.15, 0.2) is 53.4 Å². The van der Waals surface area contributed by atoms with Crippen molar-refractivity contribution in [1.82, 2.24) is 14.3 Å². The second kappa shape index (κ2) is 10.6. The van der Waals surface area contributed by atoms with Gasteiger partial charge in [-0.3, -0.25) is 0 Å². The van der Waals surface area contributed by atoms with Crippen molar-refractivity contribution in [1.29, 1.82) is 0 Å². The van der Waals surface area contributed by atoms with Crippen LogP contribution in [0.1, 0.15) is 33.8 Å². The van der Waals surface area contributed by atoms with Gasteiger partial charge in [0, 0.05) is 37.3 Å². The molecular formula is C26H32N4O3S. The van der Waals surface area contributed by atoms with Crippen LogP contribution in [0.3, 0.4) is 0 Å². The fraction of sp³-hybridized carbons (Fsp3) is 0.385. The van der Waals surface area contributed by atoms with Gasteiger partial charge in [0.15, 0.2) is 0 Å². The average molecular weight is 481 g/mol. The molecule has 3 aromatic rings. The number of hydrogen-bond donors (Lipinski definition) is 1. The summed E-state index contributed by atoms with van der Waals surface area (Å²) >= 11 is 0. The Labute approximate surface area is 202 Å². The molecule has 1 fully saturated rings. The van der Waals surface area contributed by atoms with Crippen molar-refractivity contribution in [3.8, 4) is 0 Å². The van der Waals surface area contributed by atoms with E-state index in [2.05, 4.69) is 46.5 Å². The number of benzene rings is 2. The zero-order chi connectivity index (χ0) is 24.1. The van der Waals surface area contributed by atoms with Crippen LogP contribution >= 0.6 is 0 Å². The molecule has 2 heterocycles. The monoisotopic (exact) mass is 480 g/mol. The Kier molecular flexibility index (Phi) is 7.60. The minimum atomic E-state index is -3.47. The zero-order valence-electron chi connectivity index (χ0n) is 20.0. The summed E-state index contributed by atoms with van der Waals surface area (Å²) in [4.78, 5) is 9.55. The number of anilines is 1. The predicted octanol–water partition coefficient (Wildman–Crippen LogP) is 3.67. The van der Waals surface area contributed by atoms with E-state index in [1.807, 2.05) is 26.0 Å². The minimum absolute atomic E-state index is 0.327. The lowest BCUT2D eigenvalue weighted by Gasteiger charge is -2.26. The predicted molar refractivity (Wildman–Crippen MR) is 134 cm³/mol. The first-order valence-corrected chi connectivity index (χ1v) is 13.1. The second-order valence-corrected chi connectivity index (χ2v) is 10.6. The molecule has 2 aromatic carbocycles. The summed E-state index contributed by atoms with van der Waals surface area (Å²) in [5.41, 5.74) is 5.61. The maximum absolute atomic E-state index is 12.8. The van der Waals surface area contributed by atoms with Crippen molar-refractivity contribution in [2.24, 2.45) is 0 Å². The smallest absolute Gasteiger partial charge is 0.243 e. The van der Waals surface area contributed by atoms with Crippen LogP contribution < -0.4 is 5.32 Å². The third-order valence-electron chi connectivity index (χ3n) is 6.06. The molecule has 8 heteroatoms. The van der Waals surface area contributed by atoms with E-state index in [1.54, 1.807) is 12.1 Å². The van der Waals surface area contributed by atoms with Crippen molar-refractivity contribution < 1.29 is 13.2 Å². The van der Waals surface area contributed by atoms with Crippen molar-refractivity contribution in [2.45, 2.75) is 38.5 Å². The molecule has 1 N–H and O–H groups in total. The first-order valence-electron chi connectivity index (χ1n) is 11.6. The van der Waals surface area contributed by atoms with Gasteiger partial charge in [0.25, 0.3) is 0 Å². The molecule has 4 rings (SSSR count). The highest BCUT2D eigenvalue weighted by atomic mass is 32.2. The summed E-state index contributed by atoms with van der Waals surface area (Å²) in [5.74, 6) is 1.60. The molecule has 0 aliphatic carbocycles. The standard InChI is InChI=1S/C26H32N4O3S/c1-19-4-6-23(7-5-19)18-25-20(2)28-21(3)29-26(25)27-13-12-22-8-10-24(11-9-22)34(31,32)30-14-16-33-17-15-30/h4-11H,12-18H2,1-3H3,(H,27,28,29). The van der Waals surface area contributed by atoms with Crippen molar-refractivity contribution in [3.63, 3.8) is 0 Å². The number of hydrogen-bond acceptors (Lipinski definition) is 6. The van der Waals surface area contributed by atoms with E-state index in [1.165, 1.54) is 15.4 Å². The van der Waals surface area contributed by atoms with Gasteiger partial charge in [0.2, 0.25) is 10.0 Å². The van der Waals surface area contributed by atoms with Crippen LogP contribution in [-0.2, 0) is 27.6 Å². The SMILES string of the molecule is Cc1ccc(Cc2c(C)nc(C)nc2NCCc2ccc(S(=O)(=O)N3CCOCC3)cc2)cc1. The van der Waals surface area contributed by atoms with Gasteiger partial charge in [-0.2, -0.15) is 4.31 Å². The number of nitrogens with zero attached hydrogens (tertiary/aromatic N) is 3. The molecule has 0 atom stereocenters. The number of aromatic nitrogens is 2. The van der Waals surface area contributed by atoms with E-state index in [4.69, 9.17) is 4.74 Å². The van der Waals surface area contributed by atoms with Gasteiger partial charge in [0.05, 0.1) is 18.1 Å².